The van der Waals surface area contributed by atoms with Crippen molar-refractivity contribution in [1.82, 2.24) is 0 Å². The number of fused-ring (bicyclic) bond motifs is 6. The summed E-state index contributed by atoms with van der Waals surface area (Å²) in [6.07, 6.45) is 9.56. The first-order valence-electron chi connectivity index (χ1n) is 12.0. The Hall–Kier alpha value is -3.06. The number of nitrogens with one attached hydrogen (secondary N) is 1. The van der Waals surface area contributed by atoms with Gasteiger partial charge in [-0.15, -0.1) is 0 Å². The van der Waals surface area contributed by atoms with Crippen molar-refractivity contribution in [3.8, 4) is 0 Å². The fourth-order valence-corrected chi connectivity index (χ4v) is 5.21. The van der Waals surface area contributed by atoms with Gasteiger partial charge in [0.25, 0.3) is 0 Å². The van der Waals surface area contributed by atoms with Crippen LogP contribution in [-0.2, 0) is 12.8 Å². The average molecular weight is 420 g/mol. The van der Waals surface area contributed by atoms with Gasteiger partial charge in [0.2, 0.25) is 0 Å². The Morgan fingerprint density at radius 1 is 0.844 bits per heavy atom. The van der Waals surface area contributed by atoms with E-state index < -0.39 is 0 Å². The lowest BCUT2D eigenvalue weighted by Gasteiger charge is -2.28. The van der Waals surface area contributed by atoms with Gasteiger partial charge in [-0.1, -0.05) is 92.2 Å². The zero-order valence-electron chi connectivity index (χ0n) is 19.5. The minimum absolute atomic E-state index is 0.0916. The Labute approximate surface area is 192 Å². The summed E-state index contributed by atoms with van der Waals surface area (Å²) < 4.78 is 0. The normalized spacial score (nSPS) is 18.3. The molecule has 0 amide bonds. The van der Waals surface area contributed by atoms with Crippen LogP contribution in [0.1, 0.15) is 50.3 Å². The summed E-state index contributed by atoms with van der Waals surface area (Å²) in [5.41, 5.74) is 5.79. The molecule has 0 radical (unpaired) electrons. The Morgan fingerprint density at radius 3 is 2.50 bits per heavy atom. The minimum Gasteiger partial charge on any atom is -0.376 e. The van der Waals surface area contributed by atoms with E-state index in [-0.39, 0.29) is 5.54 Å². The molecule has 1 heterocycles. The van der Waals surface area contributed by atoms with Gasteiger partial charge in [0.05, 0.1) is 5.54 Å². The molecule has 1 aliphatic heterocycles. The highest BCUT2D eigenvalue weighted by atomic mass is 15.0. The van der Waals surface area contributed by atoms with Gasteiger partial charge in [-0.2, -0.15) is 0 Å². The van der Waals surface area contributed by atoms with Gasteiger partial charge in [-0.3, -0.25) is 0 Å². The van der Waals surface area contributed by atoms with Gasteiger partial charge in [0, 0.05) is 5.69 Å². The molecule has 4 aromatic carbocycles. The third kappa shape index (κ3) is 4.05. The first-order valence-corrected chi connectivity index (χ1v) is 12.0. The van der Waals surface area contributed by atoms with Crippen LogP contribution in [0.4, 0.5) is 5.69 Å². The second kappa shape index (κ2) is 8.47. The molecule has 0 fully saturated rings. The van der Waals surface area contributed by atoms with Crippen molar-refractivity contribution >= 4 is 33.3 Å². The smallest absolute Gasteiger partial charge is 0.0503 e. The molecule has 0 spiro atoms. The highest BCUT2D eigenvalue weighted by Gasteiger charge is 2.20. The van der Waals surface area contributed by atoms with E-state index >= 15 is 0 Å². The zero-order chi connectivity index (χ0) is 22.1. The van der Waals surface area contributed by atoms with E-state index in [0.29, 0.717) is 0 Å². The molecule has 32 heavy (non-hydrogen) atoms. The van der Waals surface area contributed by atoms with Crippen molar-refractivity contribution in [3.63, 3.8) is 0 Å². The Bertz CT molecular complexity index is 1290. The number of anilines is 1. The van der Waals surface area contributed by atoms with Gasteiger partial charge in [-0.05, 0) is 83.3 Å². The van der Waals surface area contributed by atoms with E-state index in [4.69, 9.17) is 0 Å². The second-order valence-corrected chi connectivity index (χ2v) is 9.87. The molecule has 0 bridgehead atoms. The largest absolute Gasteiger partial charge is 0.376 e. The molecule has 0 aromatic heterocycles. The van der Waals surface area contributed by atoms with E-state index in [1.165, 1.54) is 58.5 Å². The van der Waals surface area contributed by atoms with Crippen LogP contribution in [0, 0.1) is 5.92 Å². The molecule has 1 nitrogen and oxygen atoms in total. The molecule has 2 aliphatic rings. The van der Waals surface area contributed by atoms with Crippen LogP contribution in [0.2, 0.25) is 0 Å². The van der Waals surface area contributed by atoms with Gasteiger partial charge >= 0.3 is 0 Å². The molecule has 1 N–H and O–H groups in total. The fraction of sp³-hybridized carbons (Fsp3) is 0.290. The highest BCUT2D eigenvalue weighted by molar-refractivity contribution is 6.08. The minimum atomic E-state index is 0.0916. The number of rotatable bonds is 1. The number of hydrogen-bond acceptors (Lipinski definition) is 1. The maximum atomic E-state index is 3.45. The van der Waals surface area contributed by atoms with Crippen molar-refractivity contribution in [2.75, 3.05) is 5.32 Å². The van der Waals surface area contributed by atoms with E-state index in [1.54, 1.807) is 11.1 Å². The second-order valence-electron chi connectivity index (χ2n) is 9.87. The monoisotopic (exact) mass is 419 g/mol. The van der Waals surface area contributed by atoms with Gasteiger partial charge in [-0.25, -0.2) is 0 Å². The van der Waals surface area contributed by atoms with Crippen LogP contribution in [-0.4, -0.2) is 5.54 Å². The summed E-state index contributed by atoms with van der Waals surface area (Å²) >= 11 is 0. The predicted octanol–water partition coefficient (Wildman–Crippen LogP) is 8.41. The van der Waals surface area contributed by atoms with Crippen LogP contribution in [0.3, 0.4) is 0 Å². The third-order valence-corrected chi connectivity index (χ3v) is 7.12. The maximum Gasteiger partial charge on any atom is 0.0503 e. The topological polar surface area (TPSA) is 12.0 Å². The van der Waals surface area contributed by atoms with Crippen molar-refractivity contribution in [1.29, 1.82) is 0 Å². The van der Waals surface area contributed by atoms with Crippen LogP contribution in [0.25, 0.3) is 27.6 Å². The molecular formula is C31H33N. The first kappa shape index (κ1) is 20.8. The zero-order valence-corrected chi connectivity index (χ0v) is 19.5. The first-order chi connectivity index (χ1) is 15.5. The number of hydrogen-bond donors (Lipinski definition) is 1. The third-order valence-electron chi connectivity index (χ3n) is 7.12. The van der Waals surface area contributed by atoms with Crippen molar-refractivity contribution in [3.05, 3.63) is 95.6 Å². The molecule has 162 valence electrons. The molecule has 4 aromatic rings. The SMILES string of the molecule is CC1(C)C=Cc2ccccc2N1.CCC1CCc2ccc3c(ccc4ccccc43)c2C1. The summed E-state index contributed by atoms with van der Waals surface area (Å²) in [7, 11) is 0. The van der Waals surface area contributed by atoms with Crippen molar-refractivity contribution in [2.24, 2.45) is 5.92 Å². The van der Waals surface area contributed by atoms with Crippen molar-refractivity contribution < 1.29 is 0 Å². The Morgan fingerprint density at radius 2 is 1.62 bits per heavy atom. The van der Waals surface area contributed by atoms with Gasteiger partial charge in [0.1, 0.15) is 0 Å². The molecule has 6 rings (SSSR count). The standard InChI is InChI=1S/C20H20.C11H13N/c1-2-14-7-8-16-10-11-18-17-6-4-3-5-15(17)9-12-19(18)20(16)13-14;1-11(2)8-7-9-5-3-4-6-10(9)12-11/h3-6,9-12,14H,2,7-8,13H2,1H3;3-8,12H,1-2H3. The predicted molar refractivity (Wildman–Crippen MR) is 140 cm³/mol. The Balaban J connectivity index is 0.000000154. The lowest BCUT2D eigenvalue weighted by Crippen LogP contribution is -2.30. The van der Waals surface area contributed by atoms with E-state index in [1.807, 2.05) is 0 Å². The van der Waals surface area contributed by atoms with Gasteiger partial charge < -0.3 is 5.32 Å². The summed E-state index contributed by atoms with van der Waals surface area (Å²) in [6, 6.07) is 26.4. The summed E-state index contributed by atoms with van der Waals surface area (Å²) in [5.74, 6) is 0.875. The highest BCUT2D eigenvalue weighted by Crippen LogP contribution is 2.35. The molecular weight excluding hydrogens is 386 g/mol. The van der Waals surface area contributed by atoms with Crippen LogP contribution < -0.4 is 5.32 Å². The Kier molecular flexibility index (Phi) is 5.51. The number of para-hydroxylation sites is 1. The number of aryl methyl sites for hydroxylation is 1. The van der Waals surface area contributed by atoms with Crippen molar-refractivity contribution in [2.45, 2.75) is 52.0 Å². The van der Waals surface area contributed by atoms with Crippen LogP contribution >= 0.6 is 0 Å². The van der Waals surface area contributed by atoms with Crippen LogP contribution in [0.5, 0.6) is 0 Å². The molecule has 1 atom stereocenters. The fourth-order valence-electron chi connectivity index (χ4n) is 5.21. The quantitative estimate of drug-likeness (QED) is 0.305. The van der Waals surface area contributed by atoms with Crippen LogP contribution in [0.15, 0.2) is 78.9 Å². The molecule has 1 heteroatoms. The average Bonchev–Trinajstić information content (AvgIpc) is 2.83. The summed E-state index contributed by atoms with van der Waals surface area (Å²) in [5, 5.41) is 9.11. The number of benzene rings is 4. The van der Waals surface area contributed by atoms with Gasteiger partial charge in [0.15, 0.2) is 0 Å². The van der Waals surface area contributed by atoms with E-state index in [0.717, 1.165) is 5.92 Å². The molecule has 0 saturated heterocycles. The lowest BCUT2D eigenvalue weighted by molar-refractivity contribution is 0.447. The molecule has 0 saturated carbocycles. The molecule has 1 aliphatic carbocycles. The lowest BCUT2D eigenvalue weighted by atomic mass is 9.80. The van der Waals surface area contributed by atoms with E-state index in [9.17, 15) is 0 Å². The maximum absolute atomic E-state index is 3.45. The van der Waals surface area contributed by atoms with E-state index in [2.05, 4.69) is 111 Å². The molecule has 1 unspecified atom stereocenters. The summed E-state index contributed by atoms with van der Waals surface area (Å²) in [6.45, 7) is 6.66. The summed E-state index contributed by atoms with van der Waals surface area (Å²) in [4.78, 5) is 0.